The third-order valence-electron chi connectivity index (χ3n) is 18.3. The van der Waals surface area contributed by atoms with Crippen molar-refractivity contribution < 1.29 is 94.1 Å². The summed E-state index contributed by atoms with van der Waals surface area (Å²) < 4.78 is 48.4. The van der Waals surface area contributed by atoms with Crippen molar-refractivity contribution in [2.45, 2.75) is 202 Å². The van der Waals surface area contributed by atoms with Crippen molar-refractivity contribution in [1.29, 1.82) is 0 Å². The lowest BCUT2D eigenvalue weighted by molar-refractivity contribution is -0.381. The molecule has 368 valence electrons. The Bertz CT molecular complexity index is 1600. The molecule has 5 heterocycles. The highest BCUT2D eigenvalue weighted by atomic mass is 16.8. The Balaban J connectivity index is 0.813. The lowest BCUT2D eigenvalue weighted by Crippen LogP contribution is -2.66. The first-order chi connectivity index (χ1) is 30.4. The van der Waals surface area contributed by atoms with Crippen molar-refractivity contribution >= 4 is 0 Å². The van der Waals surface area contributed by atoms with Gasteiger partial charge in [0, 0.05) is 12.3 Å². The molecule has 0 aromatic heterocycles. The number of rotatable bonds is 9. The molecule has 5 aliphatic heterocycles. The van der Waals surface area contributed by atoms with Crippen LogP contribution in [0.2, 0.25) is 0 Å². The molecule has 0 unspecified atom stereocenters. The van der Waals surface area contributed by atoms with E-state index in [9.17, 15) is 56.2 Å². The standard InChI is InChI=1S/C45H74O19/c1-18-5-10-45(57-17-18)19(2)30-26(64-45)13-23-21-12-25(49)24-11-20(6-8-43(24,3)22(21)7-9-44(23,30)4)58-40-36(55)33(52)38(28(15-47)60-40)63-42-37(56)34(53)39(29(16-48)61-42)62-41-35(54)32(51)31(50)27(14-46)59-41/h18-42,46-56H,5-17H2,1-4H3/t18-,19+,20+,21-,22+,23+,24-,25+,26+,27-,28-,29-,30+,31+,32+,33-,34-,35-,36-,37-,38-,39-,40-,41+,42+,43-,44+,45-/m1/s1. The Morgan fingerprint density at radius 2 is 1.11 bits per heavy atom. The van der Waals surface area contributed by atoms with E-state index in [0.29, 0.717) is 54.8 Å². The number of aliphatic hydroxyl groups is 11. The SMILES string of the molecule is C[C@@H]1CC[C@@]2(OC1)O[C@H]1C[C@H]3[C@@H]4C[C@H](O)[C@H]5C[C@@H](O[C@@H]6O[C@H](CO)[C@@H](O[C@@H]7O[C@H](CO)[C@@H](O[C@@H]8O[C@H](CO)[C@H](O)[C@H](O)[C@H]8O)[C@H](O)[C@H]7O)[C@H](O)[C@H]6O)CC[C@]5(C)[C@H]4CC[C@]3(C)[C@H]1[C@@H]2C. The van der Waals surface area contributed by atoms with Crippen LogP contribution in [0, 0.1) is 52.3 Å². The molecule has 4 aliphatic carbocycles. The minimum Gasteiger partial charge on any atom is -0.394 e. The van der Waals surface area contributed by atoms with Crippen LogP contribution in [0.25, 0.3) is 0 Å². The van der Waals surface area contributed by atoms with E-state index >= 15 is 0 Å². The smallest absolute Gasteiger partial charge is 0.187 e. The van der Waals surface area contributed by atoms with Crippen molar-refractivity contribution in [2.24, 2.45) is 52.3 Å². The van der Waals surface area contributed by atoms with Gasteiger partial charge in [-0.15, -0.1) is 0 Å². The molecule has 0 amide bonds. The lowest BCUT2D eigenvalue weighted by atomic mass is 9.43. The molecule has 19 nitrogen and oxygen atoms in total. The van der Waals surface area contributed by atoms with Crippen LogP contribution in [0.5, 0.6) is 0 Å². The van der Waals surface area contributed by atoms with Crippen molar-refractivity contribution in [3.8, 4) is 0 Å². The second-order valence-electron chi connectivity index (χ2n) is 21.7. The van der Waals surface area contributed by atoms with Gasteiger partial charge in [0.1, 0.15) is 73.2 Å². The van der Waals surface area contributed by atoms with Gasteiger partial charge < -0.3 is 94.1 Å². The maximum atomic E-state index is 12.0. The largest absolute Gasteiger partial charge is 0.394 e. The second kappa shape index (κ2) is 18.2. The number of fused-ring (bicyclic) bond motifs is 7. The minimum atomic E-state index is -1.93. The summed E-state index contributed by atoms with van der Waals surface area (Å²) in [6, 6.07) is 0. The molecule has 4 saturated carbocycles. The van der Waals surface area contributed by atoms with E-state index in [0.717, 1.165) is 45.1 Å². The summed E-state index contributed by atoms with van der Waals surface area (Å²) in [6.45, 7) is 7.87. The number of aliphatic hydroxyl groups excluding tert-OH is 11. The third kappa shape index (κ3) is 7.85. The van der Waals surface area contributed by atoms with Gasteiger partial charge in [-0.05, 0) is 97.7 Å². The van der Waals surface area contributed by atoms with Crippen LogP contribution in [-0.2, 0) is 37.9 Å². The zero-order valence-corrected chi connectivity index (χ0v) is 37.3. The monoisotopic (exact) mass is 918 g/mol. The van der Waals surface area contributed by atoms with E-state index in [1.165, 1.54) is 0 Å². The molecule has 64 heavy (non-hydrogen) atoms. The molecule has 9 rings (SSSR count). The maximum Gasteiger partial charge on any atom is 0.187 e. The van der Waals surface area contributed by atoms with Gasteiger partial charge in [-0.3, -0.25) is 0 Å². The zero-order valence-electron chi connectivity index (χ0n) is 37.3. The van der Waals surface area contributed by atoms with Gasteiger partial charge in [0.15, 0.2) is 24.7 Å². The summed E-state index contributed by atoms with van der Waals surface area (Å²) in [5.74, 6) is 2.00. The second-order valence-corrected chi connectivity index (χ2v) is 21.7. The van der Waals surface area contributed by atoms with E-state index in [1.807, 2.05) is 0 Å². The van der Waals surface area contributed by atoms with Gasteiger partial charge in [0.25, 0.3) is 0 Å². The third-order valence-corrected chi connectivity index (χ3v) is 18.3. The average molecular weight is 919 g/mol. The van der Waals surface area contributed by atoms with E-state index < -0.39 is 130 Å². The van der Waals surface area contributed by atoms with Crippen molar-refractivity contribution in [1.82, 2.24) is 0 Å². The fourth-order valence-electron chi connectivity index (χ4n) is 14.7. The van der Waals surface area contributed by atoms with Crippen LogP contribution in [0.3, 0.4) is 0 Å². The summed E-state index contributed by atoms with van der Waals surface area (Å²) >= 11 is 0. The Morgan fingerprint density at radius 1 is 0.547 bits per heavy atom. The van der Waals surface area contributed by atoms with Crippen LogP contribution in [0.4, 0.5) is 0 Å². The molecule has 0 aromatic carbocycles. The number of hydrogen-bond acceptors (Lipinski definition) is 19. The number of ether oxygens (including phenoxy) is 8. The highest BCUT2D eigenvalue weighted by Gasteiger charge is 2.70. The summed E-state index contributed by atoms with van der Waals surface area (Å²) in [5, 5.41) is 118. The Kier molecular flexibility index (Phi) is 13.7. The normalized spacial score (nSPS) is 58.6. The summed E-state index contributed by atoms with van der Waals surface area (Å²) in [7, 11) is 0. The Labute approximate surface area is 373 Å². The van der Waals surface area contributed by atoms with E-state index in [1.54, 1.807) is 0 Å². The van der Waals surface area contributed by atoms with Crippen molar-refractivity contribution in [3.05, 3.63) is 0 Å². The topological polar surface area (TPSA) is 296 Å². The zero-order chi connectivity index (χ0) is 45.8. The molecule has 5 saturated heterocycles. The van der Waals surface area contributed by atoms with Gasteiger partial charge in [-0.1, -0.05) is 27.7 Å². The molecule has 28 atom stereocenters. The molecule has 0 bridgehead atoms. The first-order valence-corrected chi connectivity index (χ1v) is 23.9. The Morgan fingerprint density at radius 3 is 1.69 bits per heavy atom. The van der Waals surface area contributed by atoms with Gasteiger partial charge in [-0.2, -0.15) is 0 Å². The molecule has 9 aliphatic rings. The molecule has 0 radical (unpaired) electrons. The minimum absolute atomic E-state index is 0.0615. The molecule has 11 N–H and O–H groups in total. The Hall–Kier alpha value is -0.760. The first-order valence-electron chi connectivity index (χ1n) is 23.9. The lowest BCUT2D eigenvalue weighted by Gasteiger charge is -2.62. The van der Waals surface area contributed by atoms with E-state index in [2.05, 4.69) is 27.7 Å². The van der Waals surface area contributed by atoms with E-state index in [-0.39, 0.29) is 22.9 Å². The first kappa shape index (κ1) is 48.3. The molecular formula is C45H74O19. The van der Waals surface area contributed by atoms with Crippen LogP contribution in [0.15, 0.2) is 0 Å². The van der Waals surface area contributed by atoms with E-state index in [4.69, 9.17) is 37.9 Å². The van der Waals surface area contributed by atoms with Gasteiger partial charge in [0.05, 0.1) is 44.7 Å². The average Bonchev–Trinajstić information content (AvgIpc) is 3.73. The predicted molar refractivity (Wildman–Crippen MR) is 217 cm³/mol. The predicted octanol–water partition coefficient (Wildman–Crippen LogP) is -1.76. The van der Waals surface area contributed by atoms with Crippen LogP contribution in [0.1, 0.15) is 85.5 Å². The highest BCUT2D eigenvalue weighted by molar-refractivity contribution is 5.16. The quantitative estimate of drug-likeness (QED) is 0.114. The van der Waals surface area contributed by atoms with Gasteiger partial charge in [-0.25, -0.2) is 0 Å². The van der Waals surface area contributed by atoms with Crippen molar-refractivity contribution in [3.63, 3.8) is 0 Å². The number of hydrogen-bond donors (Lipinski definition) is 11. The summed E-state index contributed by atoms with van der Waals surface area (Å²) in [6.07, 6.45) is -17.5. The van der Waals surface area contributed by atoms with Crippen molar-refractivity contribution in [2.75, 3.05) is 26.4 Å². The molecule has 1 spiro atoms. The van der Waals surface area contributed by atoms with Crippen LogP contribution < -0.4 is 0 Å². The van der Waals surface area contributed by atoms with Gasteiger partial charge >= 0.3 is 0 Å². The molecular weight excluding hydrogens is 844 g/mol. The maximum absolute atomic E-state index is 12.0. The van der Waals surface area contributed by atoms with Gasteiger partial charge in [0.2, 0.25) is 0 Å². The van der Waals surface area contributed by atoms with Crippen LogP contribution >= 0.6 is 0 Å². The fraction of sp³-hybridized carbons (Fsp3) is 1.00. The molecule has 0 aromatic rings. The highest BCUT2D eigenvalue weighted by Crippen LogP contribution is 2.71. The molecule has 9 fully saturated rings. The molecule has 19 heteroatoms. The summed E-state index contributed by atoms with van der Waals surface area (Å²) in [4.78, 5) is 0. The summed E-state index contributed by atoms with van der Waals surface area (Å²) in [5.41, 5.74) is -0.0213. The van der Waals surface area contributed by atoms with Crippen LogP contribution in [-0.4, -0.2) is 199 Å². The fourth-order valence-corrected chi connectivity index (χ4v) is 14.7.